The molecule has 4 N–H and O–H groups in total. The Bertz CT molecular complexity index is 1280. The summed E-state index contributed by atoms with van der Waals surface area (Å²) in [5.74, 6) is 0.241. The van der Waals surface area contributed by atoms with Crippen molar-refractivity contribution in [2.24, 2.45) is 0 Å². The number of fused-ring (bicyclic) bond motifs is 3. The first kappa shape index (κ1) is 26.6. The fourth-order valence-corrected chi connectivity index (χ4v) is 5.02. The monoisotopic (exact) mass is 532 g/mol. The van der Waals surface area contributed by atoms with Crippen molar-refractivity contribution in [3.05, 3.63) is 65.1 Å². The Morgan fingerprint density at radius 2 is 2.05 bits per heavy atom. The molecule has 0 bridgehead atoms. The maximum absolute atomic E-state index is 14.2. The number of anilines is 3. The smallest absolute Gasteiger partial charge is 0.224 e. The molecule has 4 heterocycles. The molecule has 0 aliphatic carbocycles. The van der Waals surface area contributed by atoms with Crippen molar-refractivity contribution in [1.82, 2.24) is 24.6 Å². The first-order valence-corrected chi connectivity index (χ1v) is 12.1. The first-order chi connectivity index (χ1) is 17.4. The van der Waals surface area contributed by atoms with E-state index in [1.54, 1.807) is 10.7 Å². The van der Waals surface area contributed by atoms with E-state index in [0.717, 1.165) is 43.4 Å². The molecular weight excluding hydrogens is 502 g/mol. The number of nitrogens with one attached hydrogen (secondary N) is 1. The minimum atomic E-state index is -0.521. The highest BCUT2D eigenvalue weighted by molar-refractivity contribution is 5.85. The Morgan fingerprint density at radius 1 is 1.22 bits per heavy atom. The van der Waals surface area contributed by atoms with Gasteiger partial charge in [0.25, 0.3) is 0 Å². The van der Waals surface area contributed by atoms with Crippen molar-refractivity contribution in [1.29, 1.82) is 0 Å². The Morgan fingerprint density at radius 3 is 2.86 bits per heavy atom. The van der Waals surface area contributed by atoms with Gasteiger partial charge in [-0.2, -0.15) is 15.1 Å². The number of aromatic nitrogens is 4. The third-order valence-corrected chi connectivity index (χ3v) is 6.82. The van der Waals surface area contributed by atoms with Gasteiger partial charge in [0.05, 0.1) is 12.8 Å². The Balaban J connectivity index is 0.00000320. The molecule has 2 aromatic heterocycles. The van der Waals surface area contributed by atoms with E-state index in [-0.39, 0.29) is 31.0 Å². The van der Waals surface area contributed by atoms with E-state index < -0.39 is 11.6 Å². The van der Waals surface area contributed by atoms with Gasteiger partial charge in [-0.15, -0.1) is 12.4 Å². The van der Waals surface area contributed by atoms with E-state index in [1.165, 1.54) is 6.07 Å². The van der Waals surface area contributed by atoms with Crippen molar-refractivity contribution in [2.45, 2.75) is 32.2 Å². The molecule has 1 fully saturated rings. The molecule has 1 unspecified atom stereocenters. The van der Waals surface area contributed by atoms with Gasteiger partial charge in [-0.1, -0.05) is 6.08 Å². The molecule has 2 aliphatic heterocycles. The molecule has 1 saturated heterocycles. The number of hydrogen-bond acceptors (Lipinski definition) is 8. The summed E-state index contributed by atoms with van der Waals surface area (Å²) in [7, 11) is 0. The van der Waals surface area contributed by atoms with Gasteiger partial charge in [0.1, 0.15) is 17.5 Å². The average Bonchev–Trinajstić information content (AvgIpc) is 3.22. The highest BCUT2D eigenvalue weighted by Gasteiger charge is 2.32. The second kappa shape index (κ2) is 11.3. The lowest BCUT2D eigenvalue weighted by Gasteiger charge is -2.46. The molecular formula is C25H31ClF2N8O. The summed E-state index contributed by atoms with van der Waals surface area (Å²) < 4.78 is 29.8. The predicted molar refractivity (Wildman–Crippen MR) is 141 cm³/mol. The summed E-state index contributed by atoms with van der Waals surface area (Å²) in [5.41, 5.74) is 9.19. The van der Waals surface area contributed by atoms with Crippen LogP contribution in [0.1, 0.15) is 23.2 Å². The van der Waals surface area contributed by atoms with Crippen molar-refractivity contribution in [3.63, 3.8) is 0 Å². The van der Waals surface area contributed by atoms with Crippen LogP contribution in [0.2, 0.25) is 0 Å². The number of nitrogens with zero attached hydrogens (tertiary/aromatic N) is 6. The number of nitrogens with two attached hydrogens (primary N) is 1. The molecule has 2 aliphatic rings. The number of halogens is 3. The van der Waals surface area contributed by atoms with Gasteiger partial charge in [0, 0.05) is 61.3 Å². The molecule has 1 aromatic carbocycles. The molecule has 0 spiro atoms. The number of hydrogen-bond donors (Lipinski definition) is 3. The summed E-state index contributed by atoms with van der Waals surface area (Å²) >= 11 is 0. The van der Waals surface area contributed by atoms with E-state index in [2.05, 4.69) is 42.5 Å². The SMILES string of the molecule is Cc1c(CC=CN2CCN3c4cc(F)cc(F)c4CCC3C2)cnn1-c1cc(NCCO)nc(N)n1.Cl. The van der Waals surface area contributed by atoms with Gasteiger partial charge in [-0.25, -0.2) is 13.5 Å². The third-order valence-electron chi connectivity index (χ3n) is 6.82. The Kier molecular flexibility index (Phi) is 8.13. The minimum Gasteiger partial charge on any atom is -0.395 e. The lowest BCUT2D eigenvalue weighted by atomic mass is 9.93. The van der Waals surface area contributed by atoms with Crippen LogP contribution in [0, 0.1) is 18.6 Å². The standard InChI is InChI=1S/C25H30F2N8O.ClH/c1-16-17(14-30-35(16)24-13-23(29-6-10-36)31-25(28)32-24)3-2-7-33-8-9-34-19(15-33)4-5-20-21(27)11-18(26)12-22(20)34;/h2,7,11-14,19,36H,3-6,8-10,15H2,1H3,(H3,28,29,31,32);1H. The molecule has 198 valence electrons. The van der Waals surface area contributed by atoms with Crippen LogP contribution in [0.5, 0.6) is 0 Å². The van der Waals surface area contributed by atoms with E-state index >= 15 is 0 Å². The van der Waals surface area contributed by atoms with Crippen LogP contribution in [0.15, 0.2) is 36.7 Å². The number of benzene rings is 1. The van der Waals surface area contributed by atoms with Crippen molar-refractivity contribution in [3.8, 4) is 5.82 Å². The number of piperazine rings is 1. The van der Waals surface area contributed by atoms with Gasteiger partial charge in [-0.3, -0.25) is 0 Å². The van der Waals surface area contributed by atoms with Crippen molar-refractivity contribution >= 4 is 29.9 Å². The van der Waals surface area contributed by atoms with Gasteiger partial charge in [0.2, 0.25) is 5.95 Å². The zero-order valence-corrected chi connectivity index (χ0v) is 21.4. The fourth-order valence-electron chi connectivity index (χ4n) is 5.02. The topological polar surface area (TPSA) is 108 Å². The summed E-state index contributed by atoms with van der Waals surface area (Å²) in [6.07, 6.45) is 8.22. The minimum absolute atomic E-state index is 0. The van der Waals surface area contributed by atoms with Crippen molar-refractivity contribution in [2.75, 3.05) is 48.7 Å². The van der Waals surface area contributed by atoms with Gasteiger partial charge in [0.15, 0.2) is 5.82 Å². The number of rotatable bonds is 7. The maximum atomic E-state index is 14.2. The molecule has 37 heavy (non-hydrogen) atoms. The molecule has 0 radical (unpaired) electrons. The lowest BCUT2D eigenvalue weighted by Crippen LogP contribution is -2.53. The van der Waals surface area contributed by atoms with Crippen LogP contribution < -0.4 is 16.0 Å². The second-order valence-corrected chi connectivity index (χ2v) is 9.14. The van der Waals surface area contributed by atoms with Crippen LogP contribution in [0.3, 0.4) is 0 Å². The van der Waals surface area contributed by atoms with Crippen molar-refractivity contribution < 1.29 is 13.9 Å². The molecule has 0 saturated carbocycles. The predicted octanol–water partition coefficient (Wildman–Crippen LogP) is 2.85. The van der Waals surface area contributed by atoms with Crippen LogP contribution in [0.4, 0.5) is 26.2 Å². The lowest BCUT2D eigenvalue weighted by molar-refractivity contribution is 0.281. The van der Waals surface area contributed by atoms with E-state index in [9.17, 15) is 8.78 Å². The summed E-state index contributed by atoms with van der Waals surface area (Å²) in [6, 6.07) is 4.42. The second-order valence-electron chi connectivity index (χ2n) is 9.14. The van der Waals surface area contributed by atoms with Gasteiger partial charge in [-0.05, 0) is 44.0 Å². The van der Waals surface area contributed by atoms with E-state index in [0.29, 0.717) is 42.3 Å². The number of aliphatic hydroxyl groups excluding tert-OH is 1. The highest BCUT2D eigenvalue weighted by atomic mass is 35.5. The van der Waals surface area contributed by atoms with Crippen LogP contribution >= 0.6 is 12.4 Å². The normalized spacial score (nSPS) is 16.9. The zero-order chi connectivity index (χ0) is 25.2. The first-order valence-electron chi connectivity index (χ1n) is 12.1. The quantitative estimate of drug-likeness (QED) is 0.426. The van der Waals surface area contributed by atoms with Crippen LogP contribution in [-0.2, 0) is 12.8 Å². The molecule has 12 heteroatoms. The fraction of sp³-hybridized carbons (Fsp3) is 0.400. The van der Waals surface area contributed by atoms with Crippen LogP contribution in [-0.4, -0.2) is 68.6 Å². The maximum Gasteiger partial charge on any atom is 0.224 e. The molecule has 9 nitrogen and oxygen atoms in total. The Labute approximate surface area is 220 Å². The number of aliphatic hydroxyl groups is 1. The average molecular weight is 533 g/mol. The van der Waals surface area contributed by atoms with E-state index in [1.807, 2.05) is 13.1 Å². The molecule has 3 aromatic rings. The third kappa shape index (κ3) is 5.62. The van der Waals surface area contributed by atoms with Gasteiger partial charge < -0.3 is 26.0 Å². The summed E-state index contributed by atoms with van der Waals surface area (Å²) in [5, 5.41) is 16.5. The van der Waals surface area contributed by atoms with Crippen LogP contribution in [0.25, 0.3) is 5.82 Å². The zero-order valence-electron chi connectivity index (χ0n) is 20.6. The van der Waals surface area contributed by atoms with E-state index in [4.69, 9.17) is 10.8 Å². The number of allylic oxidation sites excluding steroid dienone is 1. The largest absolute Gasteiger partial charge is 0.395 e. The molecule has 0 amide bonds. The summed E-state index contributed by atoms with van der Waals surface area (Å²) in [4.78, 5) is 12.8. The number of nitrogen functional groups attached to an aromatic ring is 1. The molecule has 5 rings (SSSR count). The van der Waals surface area contributed by atoms with Gasteiger partial charge >= 0.3 is 0 Å². The molecule has 1 atom stereocenters. The highest BCUT2D eigenvalue weighted by Crippen LogP contribution is 2.35. The Hall–Kier alpha value is -3.44. The summed E-state index contributed by atoms with van der Waals surface area (Å²) in [6.45, 7) is 4.65.